The Bertz CT molecular complexity index is 173. The van der Waals surface area contributed by atoms with E-state index in [9.17, 15) is 0 Å². The van der Waals surface area contributed by atoms with Gasteiger partial charge in [-0.2, -0.15) is 0 Å². The lowest BCUT2D eigenvalue weighted by molar-refractivity contribution is 0.0679. The van der Waals surface area contributed by atoms with Crippen LogP contribution in [0.3, 0.4) is 0 Å². The quantitative estimate of drug-likeness (QED) is 0.764. The molecule has 0 saturated carbocycles. The van der Waals surface area contributed by atoms with Gasteiger partial charge in [0.25, 0.3) is 0 Å². The molecule has 1 aliphatic rings. The highest BCUT2D eigenvalue weighted by Gasteiger charge is 2.23. The molecule has 0 spiro atoms. The van der Waals surface area contributed by atoms with Crippen molar-refractivity contribution in [2.75, 3.05) is 33.4 Å². The fraction of sp³-hybridized carbons (Fsp3) is 1.00. The Kier molecular flexibility index (Phi) is 5.58. The van der Waals surface area contributed by atoms with Gasteiger partial charge in [-0.25, -0.2) is 0 Å². The summed E-state index contributed by atoms with van der Waals surface area (Å²) in [6.45, 7) is 11.1. The van der Waals surface area contributed by atoms with Gasteiger partial charge >= 0.3 is 0 Å². The molecule has 0 radical (unpaired) electrons. The number of ether oxygens (including phenoxy) is 1. The van der Waals surface area contributed by atoms with E-state index in [1.54, 1.807) is 7.11 Å². The average molecular weight is 214 g/mol. The Balaban J connectivity index is 2.50. The minimum atomic E-state index is 0.571. The van der Waals surface area contributed by atoms with E-state index < -0.39 is 0 Å². The fourth-order valence-electron chi connectivity index (χ4n) is 2.25. The molecule has 1 fully saturated rings. The highest BCUT2D eigenvalue weighted by molar-refractivity contribution is 4.79. The topological polar surface area (TPSA) is 24.5 Å². The lowest BCUT2D eigenvalue weighted by Crippen LogP contribution is -2.43. The lowest BCUT2D eigenvalue weighted by Gasteiger charge is -2.32. The van der Waals surface area contributed by atoms with E-state index in [-0.39, 0.29) is 0 Å². The molecule has 2 unspecified atom stereocenters. The van der Waals surface area contributed by atoms with Crippen molar-refractivity contribution in [1.82, 2.24) is 10.2 Å². The van der Waals surface area contributed by atoms with E-state index in [4.69, 9.17) is 4.74 Å². The first-order valence-corrected chi connectivity index (χ1v) is 6.11. The first-order valence-electron chi connectivity index (χ1n) is 6.11. The summed E-state index contributed by atoms with van der Waals surface area (Å²) in [4.78, 5) is 2.57. The van der Waals surface area contributed by atoms with Crippen LogP contribution in [0.4, 0.5) is 0 Å². The van der Waals surface area contributed by atoms with E-state index >= 15 is 0 Å². The van der Waals surface area contributed by atoms with E-state index in [1.807, 2.05) is 0 Å². The van der Waals surface area contributed by atoms with Crippen molar-refractivity contribution < 1.29 is 4.74 Å². The minimum absolute atomic E-state index is 0.571. The molecule has 15 heavy (non-hydrogen) atoms. The maximum Gasteiger partial charge on any atom is 0.0620 e. The molecule has 1 heterocycles. The molecule has 1 saturated heterocycles. The smallest absolute Gasteiger partial charge is 0.0620 e. The maximum atomic E-state index is 5.32. The van der Waals surface area contributed by atoms with Gasteiger partial charge in [-0.15, -0.1) is 0 Å². The minimum Gasteiger partial charge on any atom is -0.383 e. The van der Waals surface area contributed by atoms with Crippen molar-refractivity contribution in [2.24, 2.45) is 5.92 Å². The predicted octanol–water partition coefficient (Wildman–Crippen LogP) is 1.34. The first kappa shape index (κ1) is 12.9. The molecule has 0 amide bonds. The number of nitrogens with zero attached hydrogens (tertiary/aromatic N) is 1. The van der Waals surface area contributed by atoms with E-state index in [0.717, 1.165) is 19.7 Å². The Morgan fingerprint density at radius 1 is 1.40 bits per heavy atom. The Hall–Kier alpha value is -0.120. The molecule has 1 aliphatic heterocycles. The van der Waals surface area contributed by atoms with E-state index in [2.05, 4.69) is 31.0 Å². The van der Waals surface area contributed by atoms with Gasteiger partial charge in [0.1, 0.15) is 0 Å². The van der Waals surface area contributed by atoms with Gasteiger partial charge in [0.2, 0.25) is 0 Å². The van der Waals surface area contributed by atoms with Gasteiger partial charge in [0, 0.05) is 38.8 Å². The van der Waals surface area contributed by atoms with Crippen molar-refractivity contribution in [3.63, 3.8) is 0 Å². The first-order chi connectivity index (χ1) is 7.15. The predicted molar refractivity (Wildman–Crippen MR) is 64.2 cm³/mol. The van der Waals surface area contributed by atoms with Crippen molar-refractivity contribution in [1.29, 1.82) is 0 Å². The summed E-state index contributed by atoms with van der Waals surface area (Å²) in [7, 11) is 1.80. The van der Waals surface area contributed by atoms with Gasteiger partial charge in [-0.1, -0.05) is 13.8 Å². The van der Waals surface area contributed by atoms with Gasteiger partial charge in [-0.3, -0.25) is 4.90 Å². The van der Waals surface area contributed by atoms with Crippen molar-refractivity contribution in [2.45, 2.75) is 39.3 Å². The Labute approximate surface area is 94.2 Å². The molecule has 0 bridgehead atoms. The summed E-state index contributed by atoms with van der Waals surface area (Å²) < 4.78 is 5.32. The van der Waals surface area contributed by atoms with Crippen LogP contribution in [0.25, 0.3) is 0 Å². The zero-order chi connectivity index (χ0) is 11.3. The second-order valence-electron chi connectivity index (χ2n) is 4.95. The van der Waals surface area contributed by atoms with Crippen LogP contribution in [0.5, 0.6) is 0 Å². The summed E-state index contributed by atoms with van der Waals surface area (Å²) >= 11 is 0. The third-order valence-electron chi connectivity index (χ3n) is 3.32. The summed E-state index contributed by atoms with van der Waals surface area (Å²) in [5.74, 6) is 0.665. The number of rotatable bonds is 4. The molecule has 3 heteroatoms. The number of nitrogens with one attached hydrogen (secondary N) is 1. The van der Waals surface area contributed by atoms with Crippen molar-refractivity contribution in [3.05, 3.63) is 0 Å². The zero-order valence-corrected chi connectivity index (χ0v) is 10.6. The highest BCUT2D eigenvalue weighted by atomic mass is 16.5. The lowest BCUT2D eigenvalue weighted by atomic mass is 10.0. The largest absolute Gasteiger partial charge is 0.383 e. The SMILES string of the molecule is COCC(C(C)C)N1CCNC(C)CC1. The molecule has 0 aromatic rings. The molecule has 0 aromatic carbocycles. The molecule has 1 N–H and O–H groups in total. The van der Waals surface area contributed by atoms with Gasteiger partial charge in [0.15, 0.2) is 0 Å². The van der Waals surface area contributed by atoms with Gasteiger partial charge in [0.05, 0.1) is 6.61 Å². The monoisotopic (exact) mass is 214 g/mol. The van der Waals surface area contributed by atoms with Crippen molar-refractivity contribution in [3.8, 4) is 0 Å². The molecule has 3 nitrogen and oxygen atoms in total. The third-order valence-corrected chi connectivity index (χ3v) is 3.32. The molecular weight excluding hydrogens is 188 g/mol. The van der Waals surface area contributed by atoms with Crippen LogP contribution in [0.2, 0.25) is 0 Å². The number of hydrogen-bond acceptors (Lipinski definition) is 3. The van der Waals surface area contributed by atoms with Crippen molar-refractivity contribution >= 4 is 0 Å². The maximum absolute atomic E-state index is 5.32. The molecule has 0 aliphatic carbocycles. The van der Waals surface area contributed by atoms with Crippen LogP contribution in [0, 0.1) is 5.92 Å². The molecule has 90 valence electrons. The van der Waals surface area contributed by atoms with Gasteiger partial charge in [-0.05, 0) is 19.3 Å². The van der Waals surface area contributed by atoms with Crippen LogP contribution in [-0.2, 0) is 4.74 Å². The third kappa shape index (κ3) is 4.09. The average Bonchev–Trinajstić information content (AvgIpc) is 2.39. The highest BCUT2D eigenvalue weighted by Crippen LogP contribution is 2.13. The van der Waals surface area contributed by atoms with Gasteiger partial charge < -0.3 is 10.1 Å². The number of hydrogen-bond donors (Lipinski definition) is 1. The summed E-state index contributed by atoms with van der Waals surface area (Å²) in [6.07, 6.45) is 1.24. The summed E-state index contributed by atoms with van der Waals surface area (Å²) in [5, 5.41) is 3.53. The van der Waals surface area contributed by atoms with Crippen LogP contribution in [-0.4, -0.2) is 50.3 Å². The standard InChI is InChI=1S/C12H26N2O/c1-10(2)12(9-15-4)14-7-5-11(3)13-6-8-14/h10-13H,5-9H2,1-4H3. The molecular formula is C12H26N2O. The van der Waals surface area contributed by atoms with E-state index in [0.29, 0.717) is 18.0 Å². The normalized spacial score (nSPS) is 26.6. The molecule has 2 atom stereocenters. The van der Waals surface area contributed by atoms with Crippen LogP contribution < -0.4 is 5.32 Å². The van der Waals surface area contributed by atoms with Crippen LogP contribution in [0.15, 0.2) is 0 Å². The Morgan fingerprint density at radius 3 is 2.73 bits per heavy atom. The molecule has 0 aromatic heterocycles. The van der Waals surface area contributed by atoms with Crippen LogP contribution in [0.1, 0.15) is 27.2 Å². The van der Waals surface area contributed by atoms with Crippen LogP contribution >= 0.6 is 0 Å². The van der Waals surface area contributed by atoms with E-state index in [1.165, 1.54) is 13.0 Å². The fourth-order valence-corrected chi connectivity index (χ4v) is 2.25. The second kappa shape index (κ2) is 6.46. The summed E-state index contributed by atoms with van der Waals surface area (Å²) in [5.41, 5.74) is 0. The second-order valence-corrected chi connectivity index (χ2v) is 4.95. The molecule has 1 rings (SSSR count). The number of methoxy groups -OCH3 is 1. The summed E-state index contributed by atoms with van der Waals surface area (Å²) in [6, 6.07) is 1.23. The zero-order valence-electron chi connectivity index (χ0n) is 10.6. The Morgan fingerprint density at radius 2 is 2.13 bits per heavy atom.